The van der Waals surface area contributed by atoms with E-state index in [0.717, 1.165) is 31.2 Å². The summed E-state index contributed by atoms with van der Waals surface area (Å²) < 4.78 is 1.94. The van der Waals surface area contributed by atoms with Gasteiger partial charge >= 0.3 is 0 Å². The van der Waals surface area contributed by atoms with E-state index in [1.54, 1.807) is 0 Å². The fraction of sp³-hybridized carbons (Fsp3) is 0.867. The molecule has 0 radical (unpaired) electrons. The van der Waals surface area contributed by atoms with Gasteiger partial charge in [0.25, 0.3) is 0 Å². The third kappa shape index (κ3) is 6.48. The van der Waals surface area contributed by atoms with E-state index < -0.39 is 0 Å². The van der Waals surface area contributed by atoms with Crippen LogP contribution in [0.25, 0.3) is 0 Å². The Morgan fingerprint density at radius 1 is 1.25 bits per heavy atom. The van der Waals surface area contributed by atoms with Crippen molar-refractivity contribution in [3.05, 3.63) is 11.9 Å². The summed E-state index contributed by atoms with van der Waals surface area (Å²) in [5.74, 6) is 0.743. The van der Waals surface area contributed by atoms with Crippen molar-refractivity contribution in [3.8, 4) is 0 Å². The van der Waals surface area contributed by atoms with E-state index in [0.29, 0.717) is 12.1 Å². The molecule has 0 spiro atoms. The van der Waals surface area contributed by atoms with E-state index in [1.165, 1.54) is 6.42 Å². The summed E-state index contributed by atoms with van der Waals surface area (Å²) in [6.45, 7) is 13.8. The van der Waals surface area contributed by atoms with Crippen LogP contribution in [0.1, 0.15) is 46.7 Å². The van der Waals surface area contributed by atoms with Crippen LogP contribution in [-0.4, -0.2) is 45.6 Å². The minimum absolute atomic E-state index is 0.475. The van der Waals surface area contributed by atoms with Crippen LogP contribution in [0.5, 0.6) is 0 Å². The molecule has 0 saturated heterocycles. The highest BCUT2D eigenvalue weighted by Crippen LogP contribution is 2.09. The Balaban J connectivity index is 2.34. The van der Waals surface area contributed by atoms with Crippen molar-refractivity contribution in [2.75, 3.05) is 13.6 Å². The Morgan fingerprint density at radius 2 is 1.95 bits per heavy atom. The lowest BCUT2D eigenvalue weighted by molar-refractivity contribution is 0.217. The van der Waals surface area contributed by atoms with Crippen LogP contribution in [0.3, 0.4) is 0 Å². The molecule has 1 N–H and O–H groups in total. The average Bonchev–Trinajstić information content (AvgIpc) is 2.80. The van der Waals surface area contributed by atoms with Crippen molar-refractivity contribution in [3.63, 3.8) is 0 Å². The molecule has 0 aliphatic rings. The highest BCUT2D eigenvalue weighted by Gasteiger charge is 2.11. The van der Waals surface area contributed by atoms with Crippen LogP contribution in [0, 0.1) is 5.92 Å². The molecule has 1 atom stereocenters. The van der Waals surface area contributed by atoms with Crippen molar-refractivity contribution in [2.45, 2.75) is 66.2 Å². The predicted octanol–water partition coefficient (Wildman–Crippen LogP) is 2.14. The maximum absolute atomic E-state index is 4.19. The van der Waals surface area contributed by atoms with Crippen LogP contribution < -0.4 is 5.32 Å². The molecule has 0 aromatic carbocycles. The van der Waals surface area contributed by atoms with Gasteiger partial charge in [-0.25, -0.2) is 0 Å². The Labute approximate surface area is 123 Å². The largest absolute Gasteiger partial charge is 0.309 e. The van der Waals surface area contributed by atoms with Crippen molar-refractivity contribution in [2.24, 2.45) is 5.92 Å². The Hall–Kier alpha value is -0.940. The topological polar surface area (TPSA) is 46.0 Å². The molecule has 5 nitrogen and oxygen atoms in total. The van der Waals surface area contributed by atoms with Crippen molar-refractivity contribution >= 4 is 0 Å². The van der Waals surface area contributed by atoms with E-state index in [9.17, 15) is 0 Å². The van der Waals surface area contributed by atoms with Gasteiger partial charge in [-0.05, 0) is 26.3 Å². The zero-order valence-electron chi connectivity index (χ0n) is 13.9. The lowest BCUT2D eigenvalue weighted by atomic mass is 10.0. The molecule has 1 unspecified atom stereocenters. The van der Waals surface area contributed by atoms with Gasteiger partial charge in [0.2, 0.25) is 0 Å². The Kier molecular flexibility index (Phi) is 7.16. The van der Waals surface area contributed by atoms with Crippen molar-refractivity contribution in [1.29, 1.82) is 0 Å². The quantitative estimate of drug-likeness (QED) is 0.753. The summed E-state index contributed by atoms with van der Waals surface area (Å²) in [6, 6.07) is 1.09. The van der Waals surface area contributed by atoms with Crippen molar-refractivity contribution < 1.29 is 0 Å². The number of aromatic nitrogens is 3. The minimum Gasteiger partial charge on any atom is -0.309 e. The fourth-order valence-electron chi connectivity index (χ4n) is 2.18. The Bertz CT molecular complexity index is 372. The first kappa shape index (κ1) is 17.1. The van der Waals surface area contributed by atoms with Gasteiger partial charge in [0.1, 0.15) is 0 Å². The van der Waals surface area contributed by atoms with Crippen molar-refractivity contribution in [1.82, 2.24) is 25.2 Å². The molecular formula is C15H31N5. The predicted molar refractivity (Wildman–Crippen MR) is 83.5 cm³/mol. The smallest absolute Gasteiger partial charge is 0.0964 e. The van der Waals surface area contributed by atoms with E-state index in [1.807, 2.05) is 10.9 Å². The molecule has 1 aromatic heterocycles. The first-order valence-corrected chi connectivity index (χ1v) is 7.71. The SMILES string of the molecule is CC(C)CC(C)N(C)CCn1cc(CNC(C)C)nn1. The van der Waals surface area contributed by atoms with Crippen LogP contribution >= 0.6 is 0 Å². The minimum atomic E-state index is 0.475. The molecule has 0 saturated carbocycles. The van der Waals surface area contributed by atoms with Gasteiger partial charge in [-0.3, -0.25) is 4.68 Å². The van der Waals surface area contributed by atoms with Gasteiger partial charge in [0.05, 0.1) is 12.2 Å². The molecule has 0 bridgehead atoms. The van der Waals surface area contributed by atoms with Gasteiger partial charge < -0.3 is 10.2 Å². The molecule has 5 heteroatoms. The summed E-state index contributed by atoms with van der Waals surface area (Å²) in [7, 11) is 2.19. The van der Waals surface area contributed by atoms with Gasteiger partial charge in [-0.2, -0.15) is 0 Å². The second-order valence-corrected chi connectivity index (χ2v) is 6.47. The summed E-state index contributed by atoms with van der Waals surface area (Å²) in [5, 5.41) is 11.7. The zero-order valence-corrected chi connectivity index (χ0v) is 13.9. The molecule has 0 aliphatic heterocycles. The molecular weight excluding hydrogens is 250 g/mol. The molecule has 1 heterocycles. The first-order chi connectivity index (χ1) is 9.38. The summed E-state index contributed by atoms with van der Waals surface area (Å²) in [5.41, 5.74) is 1.01. The molecule has 116 valence electrons. The van der Waals surface area contributed by atoms with Crippen LogP contribution in [0.2, 0.25) is 0 Å². The second-order valence-electron chi connectivity index (χ2n) is 6.47. The van der Waals surface area contributed by atoms with E-state index >= 15 is 0 Å². The second kappa shape index (κ2) is 8.37. The molecule has 0 amide bonds. The number of nitrogens with zero attached hydrogens (tertiary/aromatic N) is 4. The maximum Gasteiger partial charge on any atom is 0.0964 e. The van der Waals surface area contributed by atoms with Gasteiger partial charge in [-0.15, -0.1) is 5.10 Å². The summed E-state index contributed by atoms with van der Waals surface area (Å²) >= 11 is 0. The van der Waals surface area contributed by atoms with Crippen LogP contribution in [0.4, 0.5) is 0 Å². The molecule has 0 fully saturated rings. The third-order valence-corrected chi connectivity index (χ3v) is 3.52. The molecule has 1 aromatic rings. The third-order valence-electron chi connectivity index (χ3n) is 3.52. The number of hydrogen-bond donors (Lipinski definition) is 1. The van der Waals surface area contributed by atoms with E-state index in [4.69, 9.17) is 0 Å². The number of hydrogen-bond acceptors (Lipinski definition) is 4. The van der Waals surface area contributed by atoms with Crippen LogP contribution in [0.15, 0.2) is 6.20 Å². The standard InChI is InChI=1S/C15H31N5/c1-12(2)9-14(5)19(6)7-8-20-11-15(17-18-20)10-16-13(3)4/h11-14,16H,7-10H2,1-6H3. The normalized spacial score (nSPS) is 13.7. The number of nitrogens with one attached hydrogen (secondary N) is 1. The first-order valence-electron chi connectivity index (χ1n) is 7.71. The average molecular weight is 281 g/mol. The summed E-state index contributed by atoms with van der Waals surface area (Å²) in [4.78, 5) is 2.40. The monoisotopic (exact) mass is 281 g/mol. The fourth-order valence-corrected chi connectivity index (χ4v) is 2.18. The van der Waals surface area contributed by atoms with Crippen LogP contribution in [-0.2, 0) is 13.1 Å². The van der Waals surface area contributed by atoms with E-state index in [2.05, 4.69) is 62.2 Å². The molecule has 0 aliphatic carbocycles. The molecule has 20 heavy (non-hydrogen) atoms. The highest BCUT2D eigenvalue weighted by molar-refractivity contribution is 4.91. The molecule has 1 rings (SSSR count). The van der Waals surface area contributed by atoms with Gasteiger partial charge in [0, 0.05) is 31.4 Å². The lowest BCUT2D eigenvalue weighted by Crippen LogP contribution is -2.33. The van der Waals surface area contributed by atoms with Gasteiger partial charge in [-0.1, -0.05) is 32.9 Å². The number of likely N-dealkylation sites (N-methyl/N-ethyl adjacent to an activating group) is 1. The summed E-state index contributed by atoms with van der Waals surface area (Å²) in [6.07, 6.45) is 3.27. The number of rotatable bonds is 9. The maximum atomic E-state index is 4.19. The Morgan fingerprint density at radius 3 is 2.55 bits per heavy atom. The van der Waals surface area contributed by atoms with Gasteiger partial charge in [0.15, 0.2) is 0 Å². The highest BCUT2D eigenvalue weighted by atomic mass is 15.4. The lowest BCUT2D eigenvalue weighted by Gasteiger charge is -2.25. The van der Waals surface area contributed by atoms with E-state index in [-0.39, 0.29) is 0 Å². The zero-order chi connectivity index (χ0) is 15.1.